The number of aromatic hydroxyl groups is 2. The van der Waals surface area contributed by atoms with Crippen LogP contribution in [0, 0.1) is 0 Å². The highest BCUT2D eigenvalue weighted by Gasteiger charge is 2.47. The zero-order valence-corrected chi connectivity index (χ0v) is 30.3. The van der Waals surface area contributed by atoms with E-state index in [1.807, 2.05) is 0 Å². The molecule has 0 amide bonds. The Balaban J connectivity index is 1.21. The molecule has 0 bridgehead atoms. The maximum absolute atomic E-state index is 13.8. The van der Waals surface area contributed by atoms with Crippen molar-refractivity contribution in [3.05, 3.63) is 58.3 Å². The summed E-state index contributed by atoms with van der Waals surface area (Å²) >= 11 is 0. The maximum Gasteiger partial charge on any atom is 0.331 e. The molecular weight excluding hydrogens is 748 g/mol. The summed E-state index contributed by atoms with van der Waals surface area (Å²) in [6.45, 7) is -1.06. The Morgan fingerprint density at radius 2 is 1.46 bits per heavy atom. The van der Waals surface area contributed by atoms with E-state index >= 15 is 0 Å². The minimum Gasteiger partial charge on any atom is -0.504 e. The zero-order chi connectivity index (χ0) is 40.4. The number of esters is 1. The number of aliphatic hydroxyl groups is 5. The highest BCUT2D eigenvalue weighted by atomic mass is 16.7. The molecule has 302 valence electrons. The first-order valence-electron chi connectivity index (χ1n) is 16.9. The highest BCUT2D eigenvalue weighted by Crippen LogP contribution is 2.39. The summed E-state index contributed by atoms with van der Waals surface area (Å²) in [6.07, 6.45) is -12.8. The van der Waals surface area contributed by atoms with Gasteiger partial charge in [-0.05, 0) is 35.9 Å². The van der Waals surface area contributed by atoms with Gasteiger partial charge in [-0.1, -0.05) is 0 Å². The molecule has 1 aromatic heterocycles. The summed E-state index contributed by atoms with van der Waals surface area (Å²) in [5.41, 5.74) is -0.377. The second-order valence-electron chi connectivity index (χ2n) is 12.7. The summed E-state index contributed by atoms with van der Waals surface area (Å²) in [5, 5.41) is 74.0. The van der Waals surface area contributed by atoms with Gasteiger partial charge in [-0.25, -0.2) is 4.79 Å². The van der Waals surface area contributed by atoms with Crippen molar-refractivity contribution in [1.29, 1.82) is 0 Å². The van der Waals surface area contributed by atoms with Crippen molar-refractivity contribution in [1.82, 2.24) is 0 Å². The first-order chi connectivity index (χ1) is 26.8. The Kier molecular flexibility index (Phi) is 12.1. The fraction of sp³-hybridized carbons (Fsp3) is 0.405. The van der Waals surface area contributed by atoms with Crippen LogP contribution in [0.4, 0.5) is 0 Å². The van der Waals surface area contributed by atoms with E-state index < -0.39 is 85.7 Å². The number of ether oxygens (including phenoxy) is 9. The van der Waals surface area contributed by atoms with E-state index in [9.17, 15) is 45.3 Å². The lowest BCUT2D eigenvalue weighted by Gasteiger charge is -2.41. The molecule has 2 aliphatic heterocycles. The van der Waals surface area contributed by atoms with Crippen LogP contribution in [0.2, 0.25) is 0 Å². The number of benzene rings is 3. The van der Waals surface area contributed by atoms with Gasteiger partial charge in [-0.15, -0.1) is 0 Å². The van der Waals surface area contributed by atoms with Gasteiger partial charge >= 0.3 is 5.97 Å². The third-order valence-corrected chi connectivity index (χ3v) is 9.20. The van der Waals surface area contributed by atoms with Gasteiger partial charge in [0.25, 0.3) is 0 Å². The van der Waals surface area contributed by atoms with Gasteiger partial charge in [0.1, 0.15) is 70.1 Å². The van der Waals surface area contributed by atoms with Crippen molar-refractivity contribution >= 4 is 34.0 Å². The van der Waals surface area contributed by atoms with Gasteiger partial charge in [-0.2, -0.15) is 0 Å². The first-order valence-corrected chi connectivity index (χ1v) is 16.9. The number of hydrogen-bond donors (Lipinski definition) is 7. The molecule has 2 saturated heterocycles. The van der Waals surface area contributed by atoms with E-state index in [-0.39, 0.29) is 56.4 Å². The molecule has 9 atom stereocenters. The highest BCUT2D eigenvalue weighted by molar-refractivity contribution is 5.97. The Hall–Kier alpha value is -5.38. The van der Waals surface area contributed by atoms with Gasteiger partial charge in [0.05, 0.1) is 41.7 Å². The summed E-state index contributed by atoms with van der Waals surface area (Å²) in [7, 11) is 5.30. The van der Waals surface area contributed by atoms with Gasteiger partial charge in [0.2, 0.25) is 17.5 Å². The molecule has 4 aromatic rings. The SMILES string of the molecule is COc1cc(OC2OC(COC3OCC(O)C(O)C3OC(=O)C=Cc3cc(OC)c(O)c(OC)c3)C(O)C(O)C2O)c2c(=O)c3c(O)c(OC)ccc3oc2c1. The topological polar surface area (TPSA) is 272 Å². The fourth-order valence-electron chi connectivity index (χ4n) is 6.20. The molecule has 0 spiro atoms. The van der Waals surface area contributed by atoms with Crippen LogP contribution in [0.3, 0.4) is 0 Å². The fourth-order valence-corrected chi connectivity index (χ4v) is 6.20. The largest absolute Gasteiger partial charge is 0.504 e. The van der Waals surface area contributed by atoms with Crippen LogP contribution in [0.1, 0.15) is 5.56 Å². The lowest BCUT2D eigenvalue weighted by molar-refractivity contribution is -0.308. The maximum atomic E-state index is 13.8. The summed E-state index contributed by atoms with van der Waals surface area (Å²) in [5.74, 6) is -1.70. The minimum absolute atomic E-state index is 0.000248. The number of aliphatic hydroxyl groups excluding tert-OH is 5. The smallest absolute Gasteiger partial charge is 0.331 e. The second-order valence-corrected chi connectivity index (χ2v) is 12.7. The van der Waals surface area contributed by atoms with Crippen LogP contribution in [0.5, 0.6) is 40.2 Å². The van der Waals surface area contributed by atoms with Crippen LogP contribution in [-0.2, 0) is 23.7 Å². The molecule has 19 nitrogen and oxygen atoms in total. The first kappa shape index (κ1) is 40.3. The number of fused-ring (bicyclic) bond motifs is 2. The lowest BCUT2D eigenvalue weighted by Crippen LogP contribution is -2.61. The lowest BCUT2D eigenvalue weighted by atomic mass is 9.99. The van der Waals surface area contributed by atoms with Crippen LogP contribution < -0.4 is 29.1 Å². The normalized spacial score (nSPS) is 26.6. The Labute approximate surface area is 316 Å². The number of rotatable bonds is 12. The molecule has 9 unspecified atom stereocenters. The van der Waals surface area contributed by atoms with Crippen molar-refractivity contribution in [2.75, 3.05) is 41.7 Å². The van der Waals surface area contributed by atoms with E-state index in [1.165, 1.54) is 70.9 Å². The minimum atomic E-state index is -1.89. The molecule has 19 heteroatoms. The van der Waals surface area contributed by atoms with Crippen molar-refractivity contribution in [3.63, 3.8) is 0 Å². The Morgan fingerprint density at radius 1 is 0.768 bits per heavy atom. The van der Waals surface area contributed by atoms with Crippen LogP contribution in [-0.4, -0.2) is 139 Å². The van der Waals surface area contributed by atoms with Crippen molar-refractivity contribution in [2.45, 2.75) is 55.3 Å². The van der Waals surface area contributed by atoms with E-state index in [4.69, 9.17) is 47.0 Å². The molecular formula is C37H40O19. The third-order valence-electron chi connectivity index (χ3n) is 9.20. The van der Waals surface area contributed by atoms with Gasteiger partial charge in [-0.3, -0.25) is 4.79 Å². The molecule has 0 saturated carbocycles. The summed E-state index contributed by atoms with van der Waals surface area (Å²) < 4.78 is 54.9. The standard InChI is InChI=1S/C37H40O19/c1-47-16-11-20-26(32(44)27-18(53-20)6-7-19(48-2)30(27)42)21(12-16)54-36-34(46)33(45)31(43)24(55-36)14-52-37-35(28(40)17(38)13-51-37)56-25(39)8-5-15-9-22(49-3)29(41)23(10-15)50-4/h5-12,17,24,28,31,33-38,40-43,45-46H,13-14H2,1-4H3. The van der Waals surface area contributed by atoms with Gasteiger partial charge in [0.15, 0.2) is 35.4 Å². The average molecular weight is 789 g/mol. The molecule has 0 radical (unpaired) electrons. The molecule has 3 aromatic carbocycles. The van der Waals surface area contributed by atoms with E-state index in [1.54, 1.807) is 0 Å². The van der Waals surface area contributed by atoms with Crippen molar-refractivity contribution in [2.24, 2.45) is 0 Å². The van der Waals surface area contributed by atoms with E-state index in [0.29, 0.717) is 5.56 Å². The zero-order valence-electron chi connectivity index (χ0n) is 30.3. The van der Waals surface area contributed by atoms with E-state index in [0.717, 1.165) is 6.08 Å². The molecule has 2 aliphatic rings. The third kappa shape index (κ3) is 7.84. The monoisotopic (exact) mass is 788 g/mol. The summed E-state index contributed by atoms with van der Waals surface area (Å²) in [6, 6.07) is 8.36. The van der Waals surface area contributed by atoms with E-state index in [2.05, 4.69) is 0 Å². The Morgan fingerprint density at radius 3 is 2.12 bits per heavy atom. The summed E-state index contributed by atoms with van der Waals surface area (Å²) in [4.78, 5) is 26.7. The predicted molar refractivity (Wildman–Crippen MR) is 190 cm³/mol. The van der Waals surface area contributed by atoms with Gasteiger partial charge in [0, 0.05) is 18.2 Å². The molecule has 0 aliphatic carbocycles. The average Bonchev–Trinajstić information content (AvgIpc) is 3.19. The number of phenols is 2. The predicted octanol–water partition coefficient (Wildman–Crippen LogP) is 0.298. The molecule has 6 rings (SSSR count). The molecule has 7 N–H and O–H groups in total. The van der Waals surface area contributed by atoms with Crippen LogP contribution in [0.25, 0.3) is 28.0 Å². The second kappa shape index (κ2) is 16.8. The number of carbonyl (C=O) groups excluding carboxylic acids is 1. The quantitative estimate of drug-likeness (QED) is 0.0578. The molecule has 2 fully saturated rings. The molecule has 56 heavy (non-hydrogen) atoms. The number of phenolic OH excluding ortho intramolecular Hbond substituents is 2. The number of methoxy groups -OCH3 is 4. The van der Waals surface area contributed by atoms with Crippen LogP contribution >= 0.6 is 0 Å². The Bertz CT molecular complexity index is 2120. The van der Waals surface area contributed by atoms with Gasteiger partial charge < -0.3 is 82.8 Å². The van der Waals surface area contributed by atoms with Crippen molar-refractivity contribution < 1.29 is 87.6 Å². The number of hydrogen-bond acceptors (Lipinski definition) is 19. The number of carbonyl (C=O) groups is 1. The van der Waals surface area contributed by atoms with Crippen LogP contribution in [0.15, 0.2) is 51.7 Å². The van der Waals surface area contributed by atoms with Crippen molar-refractivity contribution in [3.8, 4) is 40.2 Å². The molecule has 3 heterocycles.